The van der Waals surface area contributed by atoms with E-state index in [0.29, 0.717) is 15.2 Å². The Morgan fingerprint density at radius 1 is 0.800 bits per heavy atom. The quantitative estimate of drug-likeness (QED) is 0.170. The molecule has 0 aliphatic carbocycles. The first-order valence-corrected chi connectivity index (χ1v) is 13.3. The molecule has 4 aromatic rings. The van der Waals surface area contributed by atoms with E-state index in [1.54, 1.807) is 0 Å². The molecule has 0 aliphatic rings. The summed E-state index contributed by atoms with van der Waals surface area (Å²) in [5, 5.41) is 1.28. The first kappa shape index (κ1) is 24.9. The summed E-state index contributed by atoms with van der Waals surface area (Å²) in [4.78, 5) is 4.29. The van der Waals surface area contributed by atoms with E-state index in [-0.39, 0.29) is 5.16 Å². The number of benzene rings is 4. The number of aliphatic imine (C=N–C) groups is 1. The van der Waals surface area contributed by atoms with Crippen molar-refractivity contribution in [3.8, 4) is 5.75 Å². The average molecular weight is 480 g/mol. The zero-order valence-electron chi connectivity index (χ0n) is 20.9. The van der Waals surface area contributed by atoms with Gasteiger partial charge < -0.3 is 4.74 Å². The van der Waals surface area contributed by atoms with Gasteiger partial charge >= 0.3 is 0 Å². The second-order valence-corrected chi connectivity index (χ2v) is 10.9. The summed E-state index contributed by atoms with van der Waals surface area (Å²) >= 11 is 0. The van der Waals surface area contributed by atoms with E-state index in [1.807, 2.05) is 19.3 Å². The van der Waals surface area contributed by atoms with Gasteiger partial charge in [-0.3, -0.25) is 4.99 Å². The van der Waals surface area contributed by atoms with Gasteiger partial charge in [-0.15, -0.1) is 0 Å². The minimum Gasteiger partial charge on any atom is -0.488 e. The van der Waals surface area contributed by atoms with Crippen molar-refractivity contribution < 1.29 is 4.74 Å². The van der Waals surface area contributed by atoms with Crippen LogP contribution in [0.1, 0.15) is 48.1 Å². The van der Waals surface area contributed by atoms with Crippen molar-refractivity contribution in [3.63, 3.8) is 0 Å². The molecule has 0 saturated heterocycles. The van der Waals surface area contributed by atoms with Gasteiger partial charge in [0.1, 0.15) is 12.4 Å². The molecule has 2 atom stereocenters. The van der Waals surface area contributed by atoms with E-state index in [1.165, 1.54) is 33.1 Å². The molecule has 0 bridgehead atoms. The van der Waals surface area contributed by atoms with Gasteiger partial charge in [-0.2, -0.15) is 0 Å². The van der Waals surface area contributed by atoms with Crippen molar-refractivity contribution in [3.05, 3.63) is 131 Å². The van der Waals surface area contributed by atoms with E-state index in [9.17, 15) is 0 Å². The summed E-state index contributed by atoms with van der Waals surface area (Å²) in [7, 11) is 2.43. The maximum absolute atomic E-state index is 6.67. The Morgan fingerprint density at radius 2 is 1.46 bits per heavy atom. The van der Waals surface area contributed by atoms with Crippen molar-refractivity contribution >= 4 is 20.1 Å². The van der Waals surface area contributed by atoms with Crippen LogP contribution in [0.4, 0.5) is 0 Å². The molecule has 0 aliphatic heterocycles. The highest BCUT2D eigenvalue weighted by Crippen LogP contribution is 2.48. The fraction of sp³-hybridized carbons (Fsp3) is 0.219. The predicted molar refractivity (Wildman–Crippen MR) is 152 cm³/mol. The number of hydrogen-bond donors (Lipinski definition) is 0. The van der Waals surface area contributed by atoms with Gasteiger partial charge in [0.15, 0.2) is 0 Å². The summed E-state index contributed by atoms with van der Waals surface area (Å²) in [6.45, 7) is 5.22. The molecule has 0 amide bonds. The Hall–Kier alpha value is -3.22. The Kier molecular flexibility index (Phi) is 8.50. The molecule has 178 valence electrons. The minimum atomic E-state index is -0.0591. The van der Waals surface area contributed by atoms with Crippen LogP contribution in [0.15, 0.2) is 108 Å². The van der Waals surface area contributed by atoms with Crippen molar-refractivity contribution in [1.82, 2.24) is 0 Å². The molecule has 0 spiro atoms. The molecule has 0 fully saturated rings. The van der Waals surface area contributed by atoms with Gasteiger partial charge in [-0.05, 0) is 34.0 Å². The lowest BCUT2D eigenvalue weighted by molar-refractivity contribution is 0.297. The lowest BCUT2D eigenvalue weighted by atomic mass is 9.92. The highest BCUT2D eigenvalue weighted by Gasteiger charge is 2.30. The van der Waals surface area contributed by atoms with Gasteiger partial charge in [0.2, 0.25) is 0 Å². The Morgan fingerprint density at radius 3 is 2.14 bits per heavy atom. The van der Waals surface area contributed by atoms with Crippen molar-refractivity contribution in [2.24, 2.45) is 4.99 Å². The van der Waals surface area contributed by atoms with Crippen LogP contribution in [0.3, 0.4) is 0 Å². The Bertz CT molecular complexity index is 1250. The molecule has 2 nitrogen and oxygen atoms in total. The second kappa shape index (κ2) is 12.0. The van der Waals surface area contributed by atoms with Crippen molar-refractivity contribution in [1.29, 1.82) is 0 Å². The molecule has 0 aromatic heterocycles. The smallest absolute Gasteiger partial charge is 0.127 e. The molecule has 35 heavy (non-hydrogen) atoms. The SMILES string of the molecule is CCC(C)(Pc1ccccc1/C=N/C)c1cccc(Cc2ccccc2)c1OCc1ccccc1. The van der Waals surface area contributed by atoms with Gasteiger partial charge in [0, 0.05) is 30.4 Å². The summed E-state index contributed by atoms with van der Waals surface area (Å²) in [6, 6.07) is 36.4. The second-order valence-electron chi connectivity index (χ2n) is 9.02. The normalized spacial score (nSPS) is 13.3. The van der Waals surface area contributed by atoms with E-state index in [0.717, 1.165) is 18.6 Å². The Balaban J connectivity index is 1.75. The van der Waals surface area contributed by atoms with Crippen LogP contribution < -0.4 is 10.0 Å². The minimum absolute atomic E-state index is 0.0591. The average Bonchev–Trinajstić information content (AvgIpc) is 2.90. The molecule has 2 unspecified atom stereocenters. The van der Waals surface area contributed by atoms with Gasteiger partial charge in [-0.1, -0.05) is 126 Å². The third-order valence-corrected chi connectivity index (χ3v) is 8.40. The van der Waals surface area contributed by atoms with E-state index >= 15 is 0 Å². The molecule has 4 rings (SSSR count). The van der Waals surface area contributed by atoms with Gasteiger partial charge in [0.25, 0.3) is 0 Å². The maximum Gasteiger partial charge on any atom is 0.127 e. The van der Waals surface area contributed by atoms with Crippen molar-refractivity contribution in [2.45, 2.75) is 38.5 Å². The van der Waals surface area contributed by atoms with Gasteiger partial charge in [0.05, 0.1) is 0 Å². The van der Waals surface area contributed by atoms with Crippen LogP contribution in [0, 0.1) is 0 Å². The van der Waals surface area contributed by atoms with Crippen LogP contribution in [0.25, 0.3) is 0 Å². The van der Waals surface area contributed by atoms with Crippen LogP contribution in [-0.2, 0) is 18.2 Å². The lowest BCUT2D eigenvalue weighted by Crippen LogP contribution is -2.21. The first-order chi connectivity index (χ1) is 17.1. The zero-order chi connectivity index (χ0) is 24.5. The molecule has 0 radical (unpaired) electrons. The fourth-order valence-corrected chi connectivity index (χ4v) is 5.95. The Labute approximate surface area is 211 Å². The predicted octanol–water partition coefficient (Wildman–Crippen LogP) is 7.53. The molecular weight excluding hydrogens is 445 g/mol. The summed E-state index contributed by atoms with van der Waals surface area (Å²) < 4.78 is 6.67. The highest BCUT2D eigenvalue weighted by atomic mass is 31.1. The monoisotopic (exact) mass is 479 g/mol. The summed E-state index contributed by atoms with van der Waals surface area (Å²) in [5.74, 6) is 1.03. The molecule has 4 aromatic carbocycles. The van der Waals surface area contributed by atoms with Crippen LogP contribution >= 0.6 is 8.58 Å². The zero-order valence-corrected chi connectivity index (χ0v) is 21.9. The third kappa shape index (κ3) is 6.27. The largest absolute Gasteiger partial charge is 0.488 e. The highest BCUT2D eigenvalue weighted by molar-refractivity contribution is 7.48. The van der Waals surface area contributed by atoms with Crippen LogP contribution in [-0.4, -0.2) is 13.3 Å². The topological polar surface area (TPSA) is 21.6 Å². The number of ether oxygens (including phenoxy) is 1. The first-order valence-electron chi connectivity index (χ1n) is 12.3. The molecule has 3 heteroatoms. The van der Waals surface area contributed by atoms with Crippen molar-refractivity contribution in [2.75, 3.05) is 7.05 Å². The number of rotatable bonds is 10. The number of hydrogen-bond acceptors (Lipinski definition) is 2. The molecular formula is C32H34NOP. The summed E-state index contributed by atoms with van der Waals surface area (Å²) in [6.07, 6.45) is 3.83. The fourth-order valence-electron chi connectivity index (χ4n) is 4.38. The maximum atomic E-state index is 6.67. The third-order valence-electron chi connectivity index (χ3n) is 6.50. The van der Waals surface area contributed by atoms with Crippen LogP contribution in [0.5, 0.6) is 5.75 Å². The molecule has 0 N–H and O–H groups in total. The van der Waals surface area contributed by atoms with E-state index in [2.05, 4.69) is 116 Å². The van der Waals surface area contributed by atoms with Gasteiger partial charge in [-0.25, -0.2) is 0 Å². The van der Waals surface area contributed by atoms with E-state index in [4.69, 9.17) is 4.74 Å². The van der Waals surface area contributed by atoms with E-state index < -0.39 is 0 Å². The number of nitrogens with zero attached hydrogens (tertiary/aromatic N) is 1. The summed E-state index contributed by atoms with van der Waals surface area (Å²) in [5.41, 5.74) is 6.18. The van der Waals surface area contributed by atoms with Crippen LogP contribution in [0.2, 0.25) is 0 Å². The molecule has 0 heterocycles. The number of para-hydroxylation sites is 1. The standard InChI is InChI=1S/C32H34NOP/c1-4-32(2,35-30-21-12-11-18-28(30)23-33-3)29-20-13-19-27(22-25-14-7-5-8-15-25)31(29)34-24-26-16-9-6-10-17-26/h5-21,23,35H,4,22,24H2,1-3H3/b33-23+. The molecule has 0 saturated carbocycles. The lowest BCUT2D eigenvalue weighted by Gasteiger charge is -2.32.